The minimum atomic E-state index is -0.302. The van der Waals surface area contributed by atoms with Crippen LogP contribution in [0, 0.1) is 0 Å². The first kappa shape index (κ1) is 18.7. The molecule has 0 aliphatic rings. The fraction of sp³-hybridized carbons (Fsp3) is 0.136. The van der Waals surface area contributed by atoms with Gasteiger partial charge in [0.15, 0.2) is 17.3 Å². The van der Waals surface area contributed by atoms with Crippen LogP contribution >= 0.6 is 0 Å². The molecule has 0 spiro atoms. The zero-order valence-electron chi connectivity index (χ0n) is 16.8. The van der Waals surface area contributed by atoms with E-state index in [1.54, 1.807) is 12.4 Å². The first-order valence-electron chi connectivity index (χ1n) is 9.99. The van der Waals surface area contributed by atoms with Gasteiger partial charge in [-0.3, -0.25) is 10.2 Å². The largest absolute Gasteiger partial charge is 0.358 e. The van der Waals surface area contributed by atoms with E-state index in [0.717, 1.165) is 5.69 Å². The molecule has 1 unspecified atom stereocenters. The molecule has 31 heavy (non-hydrogen) atoms. The third-order valence-corrected chi connectivity index (χ3v) is 5.06. The van der Waals surface area contributed by atoms with Crippen LogP contribution in [0.1, 0.15) is 25.2 Å². The number of aromatic nitrogens is 6. The Morgan fingerprint density at radius 3 is 2.68 bits per heavy atom. The number of para-hydroxylation sites is 2. The van der Waals surface area contributed by atoms with Crippen molar-refractivity contribution >= 4 is 33.6 Å². The van der Waals surface area contributed by atoms with E-state index < -0.39 is 0 Å². The van der Waals surface area contributed by atoms with E-state index in [1.807, 2.05) is 55.5 Å². The Balaban J connectivity index is 1.65. The molecule has 0 amide bonds. The first-order chi connectivity index (χ1) is 15.2. The van der Waals surface area contributed by atoms with E-state index in [9.17, 15) is 4.79 Å². The second-order valence-electron chi connectivity index (χ2n) is 7.03. The van der Waals surface area contributed by atoms with Crippen molar-refractivity contribution in [2.45, 2.75) is 19.4 Å². The third-order valence-electron chi connectivity index (χ3n) is 5.06. The number of benzene rings is 2. The summed E-state index contributed by atoms with van der Waals surface area (Å²) in [7, 11) is 0. The van der Waals surface area contributed by atoms with Crippen LogP contribution in [0.25, 0.3) is 22.1 Å². The van der Waals surface area contributed by atoms with Crippen LogP contribution in [-0.4, -0.2) is 29.6 Å². The van der Waals surface area contributed by atoms with E-state index in [4.69, 9.17) is 4.98 Å². The number of fused-ring (bicyclic) bond motifs is 2. The highest BCUT2D eigenvalue weighted by atomic mass is 16.1. The predicted molar refractivity (Wildman–Crippen MR) is 120 cm³/mol. The van der Waals surface area contributed by atoms with E-state index in [1.165, 1.54) is 11.0 Å². The van der Waals surface area contributed by atoms with Crippen molar-refractivity contribution in [2.24, 2.45) is 0 Å². The molecule has 1 atom stereocenters. The Bertz CT molecular complexity index is 1410. The smallest absolute Gasteiger partial charge is 0.280 e. The Morgan fingerprint density at radius 1 is 1.03 bits per heavy atom. The van der Waals surface area contributed by atoms with Gasteiger partial charge in [-0.15, -0.1) is 0 Å². The highest BCUT2D eigenvalue weighted by molar-refractivity contribution is 5.82. The molecule has 0 radical (unpaired) electrons. The summed E-state index contributed by atoms with van der Waals surface area (Å²) in [4.78, 5) is 34.0. The number of aromatic amines is 1. The molecule has 9 nitrogen and oxygen atoms in total. The molecule has 2 aromatic carbocycles. The van der Waals surface area contributed by atoms with Crippen molar-refractivity contribution in [1.29, 1.82) is 0 Å². The van der Waals surface area contributed by atoms with Crippen LogP contribution in [0.3, 0.4) is 0 Å². The van der Waals surface area contributed by atoms with E-state index >= 15 is 0 Å². The highest BCUT2D eigenvalue weighted by Gasteiger charge is 2.21. The molecular weight excluding hydrogens is 392 g/mol. The quantitative estimate of drug-likeness (QED) is 0.391. The van der Waals surface area contributed by atoms with Crippen LogP contribution < -0.4 is 16.3 Å². The Kier molecular flexibility index (Phi) is 4.75. The molecule has 0 aliphatic heterocycles. The maximum absolute atomic E-state index is 13.4. The molecule has 3 N–H and O–H groups in total. The van der Waals surface area contributed by atoms with Gasteiger partial charge in [-0.05, 0) is 30.7 Å². The summed E-state index contributed by atoms with van der Waals surface area (Å²) < 4.78 is 1.50. The zero-order valence-corrected chi connectivity index (χ0v) is 16.8. The molecule has 0 saturated carbocycles. The second kappa shape index (κ2) is 7.86. The van der Waals surface area contributed by atoms with Gasteiger partial charge < -0.3 is 10.3 Å². The molecule has 0 fully saturated rings. The maximum Gasteiger partial charge on any atom is 0.280 e. The number of H-pyrrole nitrogens is 1. The van der Waals surface area contributed by atoms with Crippen molar-refractivity contribution in [3.8, 4) is 0 Å². The minimum absolute atomic E-state index is 0.169. The number of anilines is 2. The molecule has 0 bridgehead atoms. The predicted octanol–water partition coefficient (Wildman–Crippen LogP) is 3.50. The number of imidazole rings is 1. The maximum atomic E-state index is 13.4. The lowest BCUT2D eigenvalue weighted by Gasteiger charge is -2.22. The van der Waals surface area contributed by atoms with E-state index in [0.29, 0.717) is 40.1 Å². The molecular formula is C22H20N8O. The molecule has 5 aromatic rings. The van der Waals surface area contributed by atoms with Crippen molar-refractivity contribution in [3.63, 3.8) is 0 Å². The average molecular weight is 412 g/mol. The third kappa shape index (κ3) is 3.46. The fourth-order valence-corrected chi connectivity index (χ4v) is 3.52. The number of nitrogens with one attached hydrogen (secondary N) is 3. The summed E-state index contributed by atoms with van der Waals surface area (Å²) in [6, 6.07) is 16.6. The van der Waals surface area contributed by atoms with E-state index in [2.05, 4.69) is 30.7 Å². The number of nitrogens with zero attached hydrogens (tertiary/aromatic N) is 5. The van der Waals surface area contributed by atoms with Crippen molar-refractivity contribution < 1.29 is 0 Å². The lowest BCUT2D eigenvalue weighted by atomic mass is 10.1. The molecule has 0 saturated heterocycles. The number of rotatable bonds is 6. The van der Waals surface area contributed by atoms with Crippen LogP contribution in [0.2, 0.25) is 0 Å². The Hall–Kier alpha value is -4.27. The van der Waals surface area contributed by atoms with Gasteiger partial charge in [0.25, 0.3) is 5.56 Å². The Morgan fingerprint density at radius 2 is 1.84 bits per heavy atom. The van der Waals surface area contributed by atoms with Crippen molar-refractivity contribution in [2.75, 3.05) is 10.7 Å². The van der Waals surface area contributed by atoms with Gasteiger partial charge in [-0.2, -0.15) is 0 Å². The molecule has 3 aromatic heterocycles. The standard InChI is InChI=1S/C22H20N8O/c1-2-16(27-20-18-19(24-12-23-18)25-13-26-20)21-28-17-11-7-6-10-15(17)22(31)30(21)29-14-8-4-3-5-9-14/h3-13,16,29H,2H2,1H3,(H2,23,24,25,26,27). The molecule has 0 aliphatic carbocycles. The van der Waals surface area contributed by atoms with Gasteiger partial charge in [0.2, 0.25) is 0 Å². The molecule has 154 valence electrons. The number of hydrogen-bond acceptors (Lipinski definition) is 7. The average Bonchev–Trinajstić information content (AvgIpc) is 3.30. The topological polar surface area (TPSA) is 113 Å². The van der Waals surface area contributed by atoms with Crippen molar-refractivity contribution in [3.05, 3.63) is 83.4 Å². The molecule has 9 heteroatoms. The molecule has 3 heterocycles. The lowest BCUT2D eigenvalue weighted by molar-refractivity contribution is 0.641. The minimum Gasteiger partial charge on any atom is -0.358 e. The zero-order chi connectivity index (χ0) is 21.2. The summed E-state index contributed by atoms with van der Waals surface area (Å²) in [5, 5.41) is 3.94. The van der Waals surface area contributed by atoms with Crippen molar-refractivity contribution in [1.82, 2.24) is 29.6 Å². The van der Waals surface area contributed by atoms with Gasteiger partial charge in [-0.25, -0.2) is 24.6 Å². The fourth-order valence-electron chi connectivity index (χ4n) is 3.52. The van der Waals surface area contributed by atoms with Crippen LogP contribution in [0.15, 0.2) is 72.0 Å². The summed E-state index contributed by atoms with van der Waals surface area (Å²) >= 11 is 0. The first-order valence-corrected chi connectivity index (χ1v) is 9.99. The van der Waals surface area contributed by atoms with Crippen LogP contribution in [0.4, 0.5) is 11.5 Å². The summed E-state index contributed by atoms with van der Waals surface area (Å²) in [6.07, 6.45) is 3.71. The second-order valence-corrected chi connectivity index (χ2v) is 7.03. The molecule has 5 rings (SSSR count). The summed E-state index contributed by atoms with van der Waals surface area (Å²) in [6.45, 7) is 2.02. The Labute approximate surface area is 177 Å². The van der Waals surface area contributed by atoms with Gasteiger partial charge in [0.05, 0.1) is 29.0 Å². The van der Waals surface area contributed by atoms with Gasteiger partial charge in [0, 0.05) is 0 Å². The summed E-state index contributed by atoms with van der Waals surface area (Å²) in [5.41, 5.74) is 5.74. The van der Waals surface area contributed by atoms with Crippen LogP contribution in [0.5, 0.6) is 0 Å². The van der Waals surface area contributed by atoms with Gasteiger partial charge in [-0.1, -0.05) is 37.3 Å². The monoisotopic (exact) mass is 412 g/mol. The summed E-state index contributed by atoms with van der Waals surface area (Å²) in [5.74, 6) is 1.13. The number of hydrogen-bond donors (Lipinski definition) is 3. The SMILES string of the molecule is CCC(Nc1ncnc2[nH]cnc12)c1nc2ccccc2c(=O)n1Nc1ccccc1. The van der Waals surface area contributed by atoms with Gasteiger partial charge in [0.1, 0.15) is 11.8 Å². The normalized spacial score (nSPS) is 12.2. The van der Waals surface area contributed by atoms with E-state index in [-0.39, 0.29) is 11.6 Å². The highest BCUT2D eigenvalue weighted by Crippen LogP contribution is 2.24. The van der Waals surface area contributed by atoms with Gasteiger partial charge >= 0.3 is 0 Å². The van der Waals surface area contributed by atoms with Crippen LogP contribution in [-0.2, 0) is 0 Å². The lowest BCUT2D eigenvalue weighted by Crippen LogP contribution is -2.33.